The molecule has 0 bridgehead atoms. The van der Waals surface area contributed by atoms with Crippen molar-refractivity contribution < 1.29 is 18.7 Å². The number of carbonyl (C=O) groups is 2. The highest BCUT2D eigenvalue weighted by molar-refractivity contribution is 5.99. The molecule has 0 saturated carbocycles. The summed E-state index contributed by atoms with van der Waals surface area (Å²) in [5.74, 6) is 0.190. The van der Waals surface area contributed by atoms with Crippen molar-refractivity contribution in [3.05, 3.63) is 64.9 Å². The van der Waals surface area contributed by atoms with Gasteiger partial charge in [-0.05, 0) is 38.0 Å². The number of fused-ring (bicyclic) bond motifs is 1. The second-order valence-electron chi connectivity index (χ2n) is 8.43. The monoisotopic (exact) mass is 449 g/mol. The first-order valence-electron chi connectivity index (χ1n) is 11.4. The number of para-hydroxylation sites is 2. The number of piperazine rings is 1. The summed E-state index contributed by atoms with van der Waals surface area (Å²) >= 11 is 0. The van der Waals surface area contributed by atoms with E-state index in [0.717, 1.165) is 27.8 Å². The van der Waals surface area contributed by atoms with Crippen LogP contribution >= 0.6 is 0 Å². The van der Waals surface area contributed by atoms with Gasteiger partial charge in [0.15, 0.2) is 5.76 Å². The number of furan rings is 1. The molecule has 0 spiro atoms. The predicted molar refractivity (Wildman–Crippen MR) is 128 cm³/mol. The number of benzene rings is 2. The van der Waals surface area contributed by atoms with E-state index in [1.54, 1.807) is 4.90 Å². The summed E-state index contributed by atoms with van der Waals surface area (Å²) in [6.07, 6.45) is 0. The number of ether oxygens (including phenoxy) is 1. The van der Waals surface area contributed by atoms with E-state index in [2.05, 4.69) is 10.2 Å². The van der Waals surface area contributed by atoms with E-state index >= 15 is 0 Å². The lowest BCUT2D eigenvalue weighted by Gasteiger charge is -2.34. The van der Waals surface area contributed by atoms with Gasteiger partial charge in [-0.25, -0.2) is 0 Å². The van der Waals surface area contributed by atoms with E-state index in [1.165, 1.54) is 0 Å². The van der Waals surface area contributed by atoms with E-state index in [9.17, 15) is 9.59 Å². The minimum Gasteiger partial charge on any atom is -0.451 e. The standard InChI is InChI=1S/C26H31N3O4/c1-4-32-17-21-20-10-5-6-11-22(20)33-25(21)26(31)29-14-12-28(13-15-29)16-23(30)27-24-18(2)8-7-9-19(24)3/h5-11H,4,12-17H2,1-3H3,(H,27,30). The number of carbonyl (C=O) groups excluding carboxylic acids is 2. The Labute approximate surface area is 194 Å². The van der Waals surface area contributed by atoms with E-state index < -0.39 is 0 Å². The molecule has 1 aromatic heterocycles. The summed E-state index contributed by atoms with van der Waals surface area (Å²) in [5.41, 5.74) is 4.47. The number of nitrogens with zero attached hydrogens (tertiary/aromatic N) is 2. The maximum Gasteiger partial charge on any atom is 0.290 e. The first-order chi connectivity index (χ1) is 16.0. The van der Waals surface area contributed by atoms with Crippen LogP contribution in [-0.4, -0.2) is 60.9 Å². The van der Waals surface area contributed by atoms with Crippen LogP contribution in [0.25, 0.3) is 11.0 Å². The lowest BCUT2D eigenvalue weighted by atomic mass is 10.1. The third-order valence-electron chi connectivity index (χ3n) is 6.12. The lowest BCUT2D eigenvalue weighted by molar-refractivity contribution is -0.117. The molecule has 1 N–H and O–H groups in total. The van der Waals surface area contributed by atoms with Crippen LogP contribution in [0.4, 0.5) is 5.69 Å². The quantitative estimate of drug-likeness (QED) is 0.591. The fraction of sp³-hybridized carbons (Fsp3) is 0.385. The molecule has 3 aromatic rings. The Morgan fingerprint density at radius 2 is 1.70 bits per heavy atom. The fourth-order valence-corrected chi connectivity index (χ4v) is 4.27. The average Bonchev–Trinajstić information content (AvgIpc) is 3.19. The van der Waals surface area contributed by atoms with Crippen molar-refractivity contribution in [2.45, 2.75) is 27.4 Å². The molecule has 0 aliphatic carbocycles. The molecule has 1 aliphatic rings. The summed E-state index contributed by atoms with van der Waals surface area (Å²) in [4.78, 5) is 29.8. The number of hydrogen-bond donors (Lipinski definition) is 1. The van der Waals surface area contributed by atoms with Crippen molar-refractivity contribution in [1.29, 1.82) is 0 Å². The molecule has 0 unspecified atom stereocenters. The van der Waals surface area contributed by atoms with Gasteiger partial charge < -0.3 is 19.4 Å². The molecule has 2 heterocycles. The van der Waals surface area contributed by atoms with E-state index in [0.29, 0.717) is 57.3 Å². The molecule has 1 saturated heterocycles. The zero-order valence-electron chi connectivity index (χ0n) is 19.5. The van der Waals surface area contributed by atoms with E-state index in [-0.39, 0.29) is 11.8 Å². The Hall–Kier alpha value is -3.16. The number of anilines is 1. The third kappa shape index (κ3) is 5.10. The smallest absolute Gasteiger partial charge is 0.290 e. The molecule has 0 radical (unpaired) electrons. The Morgan fingerprint density at radius 3 is 2.39 bits per heavy atom. The van der Waals surface area contributed by atoms with Crippen molar-refractivity contribution in [3.8, 4) is 0 Å². The van der Waals surface area contributed by atoms with Crippen LogP contribution in [0.1, 0.15) is 34.2 Å². The number of hydrogen-bond acceptors (Lipinski definition) is 5. The SMILES string of the molecule is CCOCc1c(C(=O)N2CCN(CC(=O)Nc3c(C)cccc3C)CC2)oc2ccccc12. The van der Waals surface area contributed by atoms with Crippen molar-refractivity contribution in [2.24, 2.45) is 0 Å². The molecule has 1 fully saturated rings. The maximum atomic E-state index is 13.3. The fourth-order valence-electron chi connectivity index (χ4n) is 4.27. The van der Waals surface area contributed by atoms with Gasteiger partial charge in [-0.15, -0.1) is 0 Å². The molecular weight excluding hydrogens is 418 g/mol. The number of amides is 2. The molecular formula is C26H31N3O4. The van der Waals surface area contributed by atoms with Gasteiger partial charge in [0.05, 0.1) is 13.2 Å². The molecule has 2 amide bonds. The molecule has 4 rings (SSSR count). The summed E-state index contributed by atoms with van der Waals surface area (Å²) in [6, 6.07) is 13.6. The Bertz CT molecular complexity index is 1130. The van der Waals surface area contributed by atoms with Gasteiger partial charge in [0, 0.05) is 49.4 Å². The maximum absolute atomic E-state index is 13.3. The van der Waals surface area contributed by atoms with Crippen molar-refractivity contribution >= 4 is 28.5 Å². The van der Waals surface area contributed by atoms with Crippen LogP contribution in [0.15, 0.2) is 46.9 Å². The Balaban J connectivity index is 1.38. The highest BCUT2D eigenvalue weighted by atomic mass is 16.5. The largest absolute Gasteiger partial charge is 0.451 e. The molecule has 7 heteroatoms. The van der Waals surface area contributed by atoms with E-state index in [4.69, 9.17) is 9.15 Å². The minimum absolute atomic E-state index is 0.0385. The van der Waals surface area contributed by atoms with Crippen molar-refractivity contribution in [3.63, 3.8) is 0 Å². The van der Waals surface area contributed by atoms with Crippen molar-refractivity contribution in [1.82, 2.24) is 9.80 Å². The van der Waals surface area contributed by atoms with E-state index in [1.807, 2.05) is 63.2 Å². The normalized spacial score (nSPS) is 14.6. The second kappa shape index (κ2) is 10.2. The number of nitrogens with one attached hydrogen (secondary N) is 1. The second-order valence-corrected chi connectivity index (χ2v) is 8.43. The molecule has 0 atom stereocenters. The number of aryl methyl sites for hydroxylation is 2. The topological polar surface area (TPSA) is 75.0 Å². The van der Waals surface area contributed by atoms with Gasteiger partial charge in [0.1, 0.15) is 5.58 Å². The van der Waals surface area contributed by atoms with Crippen LogP contribution in [-0.2, 0) is 16.1 Å². The molecule has 174 valence electrons. The Kier molecular flexibility index (Phi) is 7.11. The third-order valence-corrected chi connectivity index (χ3v) is 6.12. The highest BCUT2D eigenvalue weighted by Crippen LogP contribution is 2.28. The molecule has 2 aromatic carbocycles. The summed E-state index contributed by atoms with van der Waals surface area (Å²) in [5, 5.41) is 3.95. The van der Waals surface area contributed by atoms with Gasteiger partial charge >= 0.3 is 0 Å². The zero-order valence-corrected chi connectivity index (χ0v) is 19.5. The van der Waals surface area contributed by atoms with Gasteiger partial charge in [-0.1, -0.05) is 36.4 Å². The van der Waals surface area contributed by atoms with Crippen LogP contribution in [0, 0.1) is 13.8 Å². The summed E-state index contributed by atoms with van der Waals surface area (Å²) < 4.78 is 11.5. The number of rotatable bonds is 7. The average molecular weight is 450 g/mol. The van der Waals surface area contributed by atoms with Gasteiger partial charge in [-0.2, -0.15) is 0 Å². The minimum atomic E-state index is -0.125. The Morgan fingerprint density at radius 1 is 1.00 bits per heavy atom. The lowest BCUT2D eigenvalue weighted by Crippen LogP contribution is -2.50. The van der Waals surface area contributed by atoms with Crippen LogP contribution in [0.3, 0.4) is 0 Å². The first-order valence-corrected chi connectivity index (χ1v) is 11.4. The van der Waals surface area contributed by atoms with Crippen LogP contribution in [0.2, 0.25) is 0 Å². The van der Waals surface area contributed by atoms with Gasteiger partial charge in [0.2, 0.25) is 5.91 Å². The highest BCUT2D eigenvalue weighted by Gasteiger charge is 2.28. The molecule has 7 nitrogen and oxygen atoms in total. The summed E-state index contributed by atoms with van der Waals surface area (Å²) in [6.45, 7) is 9.47. The van der Waals surface area contributed by atoms with Gasteiger partial charge in [-0.3, -0.25) is 14.5 Å². The van der Waals surface area contributed by atoms with Crippen molar-refractivity contribution in [2.75, 3.05) is 44.6 Å². The predicted octanol–water partition coefficient (Wildman–Crippen LogP) is 3.98. The first kappa shape index (κ1) is 23.0. The summed E-state index contributed by atoms with van der Waals surface area (Å²) in [7, 11) is 0. The van der Waals surface area contributed by atoms with Crippen LogP contribution in [0.5, 0.6) is 0 Å². The zero-order chi connectivity index (χ0) is 23.4. The van der Waals surface area contributed by atoms with Gasteiger partial charge in [0.25, 0.3) is 5.91 Å². The molecule has 1 aliphatic heterocycles. The molecule has 33 heavy (non-hydrogen) atoms. The van der Waals surface area contributed by atoms with Crippen LogP contribution < -0.4 is 5.32 Å².